The summed E-state index contributed by atoms with van der Waals surface area (Å²) >= 11 is 0. The van der Waals surface area contributed by atoms with Crippen molar-refractivity contribution in [1.29, 1.82) is 0 Å². The van der Waals surface area contributed by atoms with E-state index in [0.717, 1.165) is 0 Å². The van der Waals surface area contributed by atoms with Crippen molar-refractivity contribution >= 4 is 41.5 Å². The predicted octanol–water partition coefficient (Wildman–Crippen LogP) is 3.84. The van der Waals surface area contributed by atoms with Crippen LogP contribution in [-0.4, -0.2) is 86.4 Å². The number of urea groups is 1. The SMILES string of the molecule is CC(C)[C@H](NC(=O)CCOCCOCCC(=O)Oc1c(F)c(F)c(F)c(F)c1F)C(=O)N[C@@H](CCCNC(N)=O)C(=O)Nc1ccc(COC(=O)NC(C)(C)C)cc1. The summed E-state index contributed by atoms with van der Waals surface area (Å²) in [5, 5.41) is 13.1. The second kappa shape index (κ2) is 23.6. The third-order valence-corrected chi connectivity index (χ3v) is 7.62. The highest BCUT2D eigenvalue weighted by Crippen LogP contribution is 2.29. The Kier molecular flexibility index (Phi) is 19.8. The summed E-state index contributed by atoms with van der Waals surface area (Å²) in [5.74, 6) is -16.8. The van der Waals surface area contributed by atoms with Crippen LogP contribution in [0, 0.1) is 35.0 Å². The molecule has 58 heavy (non-hydrogen) atoms. The fraction of sp³-hybridized carbons (Fsp3) is 0.514. The number of hydrogen-bond acceptors (Lipinski definition) is 10. The van der Waals surface area contributed by atoms with Crippen molar-refractivity contribution in [3.63, 3.8) is 0 Å². The van der Waals surface area contributed by atoms with Crippen molar-refractivity contribution in [1.82, 2.24) is 21.3 Å². The topological polar surface area (TPSA) is 226 Å². The molecule has 0 spiro atoms. The molecule has 322 valence electrons. The summed E-state index contributed by atoms with van der Waals surface area (Å²) in [5.41, 5.74) is 5.68. The van der Waals surface area contributed by atoms with E-state index in [1.54, 1.807) is 38.1 Å². The second-order valence-corrected chi connectivity index (χ2v) is 14.0. The maximum Gasteiger partial charge on any atom is 0.407 e. The molecule has 2 aromatic carbocycles. The molecule has 2 rings (SSSR count). The lowest BCUT2D eigenvalue weighted by Crippen LogP contribution is -2.54. The van der Waals surface area contributed by atoms with Crippen LogP contribution in [0.5, 0.6) is 5.75 Å². The molecule has 0 aliphatic heterocycles. The molecule has 6 amide bonds. The molecule has 21 heteroatoms. The van der Waals surface area contributed by atoms with Gasteiger partial charge in [0.1, 0.15) is 18.7 Å². The van der Waals surface area contributed by atoms with Crippen molar-refractivity contribution in [2.45, 2.75) is 84.5 Å². The van der Waals surface area contributed by atoms with E-state index in [1.807, 2.05) is 20.8 Å². The van der Waals surface area contributed by atoms with E-state index >= 15 is 0 Å². The van der Waals surface area contributed by atoms with Gasteiger partial charge in [0.15, 0.2) is 0 Å². The maximum atomic E-state index is 13.7. The van der Waals surface area contributed by atoms with Gasteiger partial charge in [-0.05, 0) is 57.2 Å². The normalized spacial score (nSPS) is 12.3. The number of alkyl carbamates (subject to hydrolysis) is 1. The van der Waals surface area contributed by atoms with Crippen LogP contribution < -0.4 is 37.1 Å². The van der Waals surface area contributed by atoms with Gasteiger partial charge in [0.25, 0.3) is 0 Å². The van der Waals surface area contributed by atoms with E-state index in [-0.39, 0.29) is 58.8 Å². The van der Waals surface area contributed by atoms with Gasteiger partial charge < -0.3 is 51.3 Å². The van der Waals surface area contributed by atoms with Gasteiger partial charge in [-0.2, -0.15) is 8.78 Å². The molecule has 0 aromatic heterocycles. The van der Waals surface area contributed by atoms with E-state index in [2.05, 4.69) is 31.3 Å². The summed E-state index contributed by atoms with van der Waals surface area (Å²) in [4.78, 5) is 74.3. The quantitative estimate of drug-likeness (QED) is 0.0251. The number of nitrogens with one attached hydrogen (secondary N) is 5. The number of esters is 1. The molecule has 0 radical (unpaired) electrons. The number of carbonyl (C=O) groups is 6. The molecule has 0 heterocycles. The first kappa shape index (κ1) is 48.6. The molecule has 0 fully saturated rings. The maximum absolute atomic E-state index is 13.7. The number of carbonyl (C=O) groups excluding carboxylic acids is 6. The summed E-state index contributed by atoms with van der Waals surface area (Å²) in [6, 6.07) is 3.56. The zero-order valence-corrected chi connectivity index (χ0v) is 32.7. The minimum Gasteiger partial charge on any atom is -0.445 e. The Morgan fingerprint density at radius 1 is 0.759 bits per heavy atom. The Morgan fingerprint density at radius 2 is 1.33 bits per heavy atom. The summed E-state index contributed by atoms with van der Waals surface area (Å²) in [6.45, 7) is 8.26. The fourth-order valence-electron chi connectivity index (χ4n) is 4.72. The molecular weight excluding hydrogens is 783 g/mol. The number of ether oxygens (including phenoxy) is 4. The van der Waals surface area contributed by atoms with Gasteiger partial charge in [0.2, 0.25) is 52.6 Å². The third-order valence-electron chi connectivity index (χ3n) is 7.62. The Hall–Kier alpha value is -5.57. The second-order valence-electron chi connectivity index (χ2n) is 14.0. The fourth-order valence-corrected chi connectivity index (χ4v) is 4.72. The molecule has 0 unspecified atom stereocenters. The van der Waals surface area contributed by atoms with Gasteiger partial charge in [-0.1, -0.05) is 26.0 Å². The van der Waals surface area contributed by atoms with Crippen molar-refractivity contribution in [2.24, 2.45) is 11.7 Å². The summed E-state index contributed by atoms with van der Waals surface area (Å²) < 4.78 is 87.0. The number of benzene rings is 2. The van der Waals surface area contributed by atoms with Crippen LogP contribution in [0.25, 0.3) is 0 Å². The monoisotopic (exact) mass is 832 g/mol. The first-order valence-electron chi connectivity index (χ1n) is 18.1. The molecule has 7 N–H and O–H groups in total. The number of halogens is 5. The molecule has 0 bridgehead atoms. The van der Waals surface area contributed by atoms with Crippen molar-refractivity contribution < 1.29 is 69.7 Å². The van der Waals surface area contributed by atoms with Crippen LogP contribution in [0.4, 0.5) is 37.2 Å². The Morgan fingerprint density at radius 3 is 1.88 bits per heavy atom. The van der Waals surface area contributed by atoms with E-state index < -0.39 is 101 Å². The highest BCUT2D eigenvalue weighted by molar-refractivity contribution is 5.98. The van der Waals surface area contributed by atoms with Crippen LogP contribution in [0.15, 0.2) is 24.3 Å². The van der Waals surface area contributed by atoms with Crippen LogP contribution in [-0.2, 0) is 40.0 Å². The van der Waals surface area contributed by atoms with Crippen molar-refractivity contribution in [3.05, 3.63) is 58.9 Å². The first-order valence-corrected chi connectivity index (χ1v) is 18.1. The van der Waals surface area contributed by atoms with Crippen LogP contribution in [0.3, 0.4) is 0 Å². The number of hydrogen-bond donors (Lipinski definition) is 6. The Bertz CT molecular complexity index is 1720. The van der Waals surface area contributed by atoms with Gasteiger partial charge in [-0.15, -0.1) is 0 Å². The lowest BCUT2D eigenvalue weighted by atomic mass is 10.0. The molecule has 2 aromatic rings. The number of nitrogens with two attached hydrogens (primary N) is 1. The predicted molar refractivity (Wildman–Crippen MR) is 196 cm³/mol. The number of primary amides is 1. The third kappa shape index (κ3) is 17.3. The molecule has 0 saturated carbocycles. The highest BCUT2D eigenvalue weighted by atomic mass is 19.2. The minimum absolute atomic E-state index is 0.0153. The zero-order valence-electron chi connectivity index (χ0n) is 32.7. The molecule has 0 saturated heterocycles. The molecular formula is C37H49F5N6O10. The Balaban J connectivity index is 1.84. The Labute approximate surface area is 331 Å². The highest BCUT2D eigenvalue weighted by Gasteiger charge is 2.30. The van der Waals surface area contributed by atoms with Crippen molar-refractivity contribution in [3.8, 4) is 5.75 Å². The van der Waals surface area contributed by atoms with Crippen LogP contribution >= 0.6 is 0 Å². The average molecular weight is 833 g/mol. The van der Waals surface area contributed by atoms with Gasteiger partial charge >= 0.3 is 18.1 Å². The first-order chi connectivity index (χ1) is 27.2. The van der Waals surface area contributed by atoms with Gasteiger partial charge in [-0.3, -0.25) is 19.2 Å². The van der Waals surface area contributed by atoms with Crippen LogP contribution in [0.1, 0.15) is 65.9 Å². The van der Waals surface area contributed by atoms with Gasteiger partial charge in [0, 0.05) is 24.2 Å². The van der Waals surface area contributed by atoms with Gasteiger partial charge in [-0.25, -0.2) is 22.8 Å². The van der Waals surface area contributed by atoms with Crippen LogP contribution in [0.2, 0.25) is 0 Å². The van der Waals surface area contributed by atoms with Gasteiger partial charge in [0.05, 0.1) is 32.8 Å². The number of rotatable bonds is 22. The molecule has 2 atom stereocenters. The molecule has 0 aliphatic carbocycles. The van der Waals surface area contributed by atoms with E-state index in [9.17, 15) is 50.7 Å². The lowest BCUT2D eigenvalue weighted by Gasteiger charge is -2.25. The van der Waals surface area contributed by atoms with E-state index in [4.69, 9.17) is 19.9 Å². The standard InChI is InChI=1S/C37H49F5N6O10/c1-20(2)31(47-24(49)12-15-55-17-18-56-16-13-25(50)58-32-29(41)27(39)26(38)28(40)30(32)42)34(52)46-23(7-6-14-44-35(43)53)33(51)45-22-10-8-21(9-11-22)19-57-36(54)48-37(3,4)5/h8-11,20,23,31H,6-7,12-19H2,1-5H3,(H,45,51)(H,46,52)(H,47,49)(H,48,54)(H3,43,44,53)/t23-,31-/m0/s1. The average Bonchev–Trinajstić information content (AvgIpc) is 3.14. The number of anilines is 1. The zero-order chi connectivity index (χ0) is 43.6. The molecule has 0 aliphatic rings. The molecule has 16 nitrogen and oxygen atoms in total. The smallest absolute Gasteiger partial charge is 0.407 e. The number of amides is 6. The van der Waals surface area contributed by atoms with Crippen molar-refractivity contribution in [2.75, 3.05) is 38.3 Å². The van der Waals surface area contributed by atoms with E-state index in [0.29, 0.717) is 11.3 Å². The minimum atomic E-state index is -2.40. The summed E-state index contributed by atoms with van der Waals surface area (Å²) in [6.07, 6.45) is -1.02. The largest absolute Gasteiger partial charge is 0.445 e. The van der Waals surface area contributed by atoms with E-state index in [1.165, 1.54) is 0 Å². The lowest BCUT2D eigenvalue weighted by molar-refractivity contribution is -0.136. The summed E-state index contributed by atoms with van der Waals surface area (Å²) in [7, 11) is 0.